The quantitative estimate of drug-likeness (QED) is 0.139. The Morgan fingerprint density at radius 2 is 1.18 bits per heavy atom. The van der Waals surface area contributed by atoms with E-state index in [0.29, 0.717) is 5.56 Å². The van der Waals surface area contributed by atoms with Gasteiger partial charge in [-0.1, -0.05) is 101 Å². The molecule has 10 nitrogen and oxygen atoms in total. The first-order valence-corrected chi connectivity index (χ1v) is 14.1. The molecule has 0 aliphatic rings. The number of hydrogen-bond donors (Lipinski definition) is 5. The lowest BCUT2D eigenvalue weighted by Gasteiger charge is -2.18. The van der Waals surface area contributed by atoms with Gasteiger partial charge in [-0.25, -0.2) is 9.59 Å². The highest BCUT2D eigenvalue weighted by Crippen LogP contribution is 2.12. The molecule has 1 aromatic rings. The van der Waals surface area contributed by atoms with E-state index in [1.165, 1.54) is 44.9 Å². The number of amides is 3. The van der Waals surface area contributed by atoms with Gasteiger partial charge in [-0.15, -0.1) is 0 Å². The van der Waals surface area contributed by atoms with Crippen molar-refractivity contribution in [3.8, 4) is 0 Å². The van der Waals surface area contributed by atoms with Crippen LogP contribution in [0.4, 0.5) is 0 Å². The number of nitrogens with one attached hydrogen (secondary N) is 3. The van der Waals surface area contributed by atoms with E-state index in [1.807, 2.05) is 0 Å². The number of carbonyl (C=O) groups is 5. The summed E-state index contributed by atoms with van der Waals surface area (Å²) in [5.41, 5.74) is 0.692. The van der Waals surface area contributed by atoms with Crippen LogP contribution < -0.4 is 16.0 Å². The number of carbonyl (C=O) groups excluding carboxylic acids is 3. The summed E-state index contributed by atoms with van der Waals surface area (Å²) in [6, 6.07) is 5.87. The number of rotatable bonds is 22. The average molecular weight is 548 g/mol. The van der Waals surface area contributed by atoms with E-state index >= 15 is 0 Å². The zero-order chi connectivity index (χ0) is 28.9. The summed E-state index contributed by atoms with van der Waals surface area (Å²) in [5.74, 6) is -4.58. The first-order chi connectivity index (χ1) is 18.7. The summed E-state index contributed by atoms with van der Waals surface area (Å²) in [6.45, 7) is 1.80. The van der Waals surface area contributed by atoms with Crippen LogP contribution in [0.1, 0.15) is 96.0 Å². The maximum Gasteiger partial charge on any atom is 0.326 e. The maximum atomic E-state index is 12.3. The third-order valence-electron chi connectivity index (χ3n) is 6.39. The first kappa shape index (κ1) is 33.6. The Bertz CT molecular complexity index is 892. The third kappa shape index (κ3) is 16.9. The zero-order valence-corrected chi connectivity index (χ0v) is 23.1. The SMILES string of the molecule is CCCCCCCCCCCCCC(=O)NCC(=O)N[C@@H](CC(=O)N[C@@H](Cc1ccccc1)C(=O)O)C(=O)O. The Morgan fingerprint density at radius 1 is 0.667 bits per heavy atom. The number of hydrogen-bond acceptors (Lipinski definition) is 5. The van der Waals surface area contributed by atoms with Crippen molar-refractivity contribution < 1.29 is 34.2 Å². The van der Waals surface area contributed by atoms with Crippen molar-refractivity contribution in [1.82, 2.24) is 16.0 Å². The molecule has 0 saturated heterocycles. The van der Waals surface area contributed by atoms with Crippen molar-refractivity contribution >= 4 is 29.7 Å². The van der Waals surface area contributed by atoms with Crippen LogP contribution in [0.2, 0.25) is 0 Å². The lowest BCUT2D eigenvalue weighted by molar-refractivity contribution is -0.144. The van der Waals surface area contributed by atoms with Crippen LogP contribution in [0.15, 0.2) is 30.3 Å². The molecule has 0 unspecified atom stereocenters. The van der Waals surface area contributed by atoms with Crippen LogP contribution in [-0.2, 0) is 30.4 Å². The molecule has 2 atom stereocenters. The molecular weight excluding hydrogens is 502 g/mol. The van der Waals surface area contributed by atoms with Crippen molar-refractivity contribution in [3.05, 3.63) is 35.9 Å². The van der Waals surface area contributed by atoms with Gasteiger partial charge in [-0.2, -0.15) is 0 Å². The molecule has 0 saturated carbocycles. The van der Waals surface area contributed by atoms with Crippen LogP contribution in [0.3, 0.4) is 0 Å². The summed E-state index contributed by atoms with van der Waals surface area (Å²) >= 11 is 0. The van der Waals surface area contributed by atoms with Gasteiger partial charge in [-0.05, 0) is 12.0 Å². The highest BCUT2D eigenvalue weighted by Gasteiger charge is 2.26. The topological polar surface area (TPSA) is 162 Å². The lowest BCUT2D eigenvalue weighted by Crippen LogP contribution is -2.49. The molecule has 0 radical (unpaired) electrons. The molecule has 0 fully saturated rings. The second kappa shape index (κ2) is 20.5. The van der Waals surface area contributed by atoms with Crippen molar-refractivity contribution in [2.24, 2.45) is 0 Å². The van der Waals surface area contributed by atoms with E-state index in [0.717, 1.165) is 25.7 Å². The van der Waals surface area contributed by atoms with Crippen molar-refractivity contribution in [2.75, 3.05) is 6.54 Å². The highest BCUT2D eigenvalue weighted by molar-refractivity contribution is 5.91. The largest absolute Gasteiger partial charge is 0.480 e. The summed E-state index contributed by atoms with van der Waals surface area (Å²) < 4.78 is 0. The van der Waals surface area contributed by atoms with E-state index in [1.54, 1.807) is 30.3 Å². The van der Waals surface area contributed by atoms with Crippen LogP contribution in [0.25, 0.3) is 0 Å². The second-order valence-electron chi connectivity index (χ2n) is 9.87. The summed E-state index contributed by atoms with van der Waals surface area (Å²) in [5, 5.41) is 25.8. The molecule has 1 aromatic carbocycles. The van der Waals surface area contributed by atoms with E-state index in [4.69, 9.17) is 0 Å². The lowest BCUT2D eigenvalue weighted by atomic mass is 10.1. The molecule has 218 valence electrons. The normalized spacial score (nSPS) is 12.2. The molecule has 0 aliphatic heterocycles. The fourth-order valence-electron chi connectivity index (χ4n) is 4.15. The van der Waals surface area contributed by atoms with Gasteiger partial charge in [0.15, 0.2) is 0 Å². The fraction of sp³-hybridized carbons (Fsp3) is 0.621. The zero-order valence-electron chi connectivity index (χ0n) is 23.1. The van der Waals surface area contributed by atoms with Crippen LogP contribution >= 0.6 is 0 Å². The molecule has 10 heteroatoms. The van der Waals surface area contributed by atoms with Gasteiger partial charge in [0.05, 0.1) is 13.0 Å². The number of carboxylic acid groups (broad SMARTS) is 2. The molecule has 0 aliphatic carbocycles. The van der Waals surface area contributed by atoms with Crippen molar-refractivity contribution in [2.45, 2.75) is 109 Å². The van der Waals surface area contributed by atoms with Crippen LogP contribution in [-0.4, -0.2) is 58.5 Å². The van der Waals surface area contributed by atoms with Gasteiger partial charge >= 0.3 is 11.9 Å². The van der Waals surface area contributed by atoms with E-state index < -0.39 is 48.8 Å². The monoisotopic (exact) mass is 547 g/mol. The van der Waals surface area contributed by atoms with E-state index in [-0.39, 0.29) is 18.7 Å². The smallest absolute Gasteiger partial charge is 0.326 e. The molecule has 3 amide bonds. The highest BCUT2D eigenvalue weighted by atomic mass is 16.4. The molecule has 0 aromatic heterocycles. The molecule has 1 rings (SSSR count). The van der Waals surface area contributed by atoms with Crippen LogP contribution in [0, 0.1) is 0 Å². The Kier molecular flexibility index (Phi) is 17.7. The minimum Gasteiger partial charge on any atom is -0.480 e. The fourth-order valence-corrected chi connectivity index (χ4v) is 4.15. The van der Waals surface area contributed by atoms with E-state index in [9.17, 15) is 34.2 Å². The molecular formula is C29H45N3O7. The minimum atomic E-state index is -1.56. The summed E-state index contributed by atoms with van der Waals surface area (Å²) in [4.78, 5) is 59.6. The standard InChI is InChI=1S/C29H45N3O7/c1-2-3-4-5-6-7-8-9-10-11-15-18-25(33)30-21-27(35)32-24(29(38)39)20-26(34)31-23(28(36)37)19-22-16-13-12-14-17-22/h12-14,16-17,23-24H,2-11,15,18-21H2,1H3,(H,30,33)(H,31,34)(H,32,35)(H,36,37)(H,38,39)/t23-,24-/m0/s1. The van der Waals surface area contributed by atoms with Gasteiger partial charge in [0.2, 0.25) is 17.7 Å². The number of aliphatic carboxylic acids is 2. The Morgan fingerprint density at radius 3 is 1.72 bits per heavy atom. The van der Waals surface area contributed by atoms with Gasteiger partial charge in [0.1, 0.15) is 12.1 Å². The Balaban J connectivity index is 2.27. The Hall–Kier alpha value is -3.43. The summed E-state index contributed by atoms with van der Waals surface area (Å²) in [6.07, 6.45) is 12.5. The predicted octanol–water partition coefficient (Wildman–Crippen LogP) is 3.58. The Labute approximate surface area is 231 Å². The minimum absolute atomic E-state index is 0.0250. The second-order valence-corrected chi connectivity index (χ2v) is 9.87. The maximum absolute atomic E-state index is 12.3. The average Bonchev–Trinajstić information content (AvgIpc) is 2.90. The number of benzene rings is 1. The number of carboxylic acids is 2. The van der Waals surface area contributed by atoms with Gasteiger partial charge in [-0.3, -0.25) is 14.4 Å². The van der Waals surface area contributed by atoms with Crippen LogP contribution in [0.5, 0.6) is 0 Å². The van der Waals surface area contributed by atoms with Crippen molar-refractivity contribution in [3.63, 3.8) is 0 Å². The van der Waals surface area contributed by atoms with E-state index in [2.05, 4.69) is 22.9 Å². The van der Waals surface area contributed by atoms with Crippen molar-refractivity contribution in [1.29, 1.82) is 0 Å². The molecule has 39 heavy (non-hydrogen) atoms. The van der Waals surface area contributed by atoms with Gasteiger partial charge in [0, 0.05) is 12.8 Å². The summed E-state index contributed by atoms with van der Waals surface area (Å²) in [7, 11) is 0. The molecule has 0 heterocycles. The molecule has 5 N–H and O–H groups in total. The predicted molar refractivity (Wildman–Crippen MR) is 148 cm³/mol. The molecule has 0 bridgehead atoms. The first-order valence-electron chi connectivity index (χ1n) is 14.1. The molecule has 0 spiro atoms. The number of unbranched alkanes of at least 4 members (excludes halogenated alkanes) is 10. The third-order valence-corrected chi connectivity index (χ3v) is 6.39. The van der Waals surface area contributed by atoms with Gasteiger partial charge in [0.25, 0.3) is 0 Å². The van der Waals surface area contributed by atoms with Gasteiger partial charge < -0.3 is 26.2 Å².